The average molecular weight is 713 g/mol. The maximum atomic E-state index is 2.48. The standard InChI is InChI=1S/C54H36N2/c1-4-16-37(17-5-1)39-28-32-42(33-29-39)55(41-20-8-3-9-21-41)51-36-49-44-22-10-13-25-47(44)54-53(52(49)46-24-12-11-23-45(46)51)48-26-14-15-27-50(48)56(54)43-34-30-40(31-35-43)38-18-6-2-7-19-38/h1-36H. The van der Waals surface area contributed by atoms with Gasteiger partial charge in [0.15, 0.2) is 0 Å². The van der Waals surface area contributed by atoms with E-state index in [0.29, 0.717) is 0 Å². The molecule has 0 aliphatic rings. The summed E-state index contributed by atoms with van der Waals surface area (Å²) < 4.78 is 2.48. The zero-order chi connectivity index (χ0) is 37.0. The molecule has 0 unspecified atom stereocenters. The van der Waals surface area contributed by atoms with Crippen molar-refractivity contribution in [3.8, 4) is 27.9 Å². The van der Waals surface area contributed by atoms with Gasteiger partial charge >= 0.3 is 0 Å². The highest BCUT2D eigenvalue weighted by atomic mass is 15.1. The van der Waals surface area contributed by atoms with Crippen LogP contribution in [0.5, 0.6) is 0 Å². The maximum Gasteiger partial charge on any atom is 0.0626 e. The van der Waals surface area contributed by atoms with Crippen LogP contribution in [-0.2, 0) is 0 Å². The Morgan fingerprint density at radius 1 is 0.304 bits per heavy atom. The highest BCUT2D eigenvalue weighted by Gasteiger charge is 2.23. The van der Waals surface area contributed by atoms with Gasteiger partial charge in [-0.1, -0.05) is 170 Å². The third-order valence-corrected chi connectivity index (χ3v) is 11.3. The Balaban J connectivity index is 1.22. The minimum Gasteiger partial charge on any atom is -0.310 e. The SMILES string of the molecule is c1ccc(-c2ccc(N(c3ccccc3)c3cc4c5ccccc5c5c(c6ccccc6n5-c5ccc(-c6ccccc6)cc5)c4c4ccccc34)cc2)cc1. The lowest BCUT2D eigenvalue weighted by molar-refractivity contribution is 1.19. The fourth-order valence-electron chi connectivity index (χ4n) is 8.84. The fourth-order valence-corrected chi connectivity index (χ4v) is 8.84. The van der Waals surface area contributed by atoms with Crippen LogP contribution in [0, 0.1) is 0 Å². The lowest BCUT2D eigenvalue weighted by Crippen LogP contribution is -2.10. The minimum absolute atomic E-state index is 1.11. The molecule has 0 spiro atoms. The lowest BCUT2D eigenvalue weighted by atomic mass is 9.91. The molecule has 0 bridgehead atoms. The maximum absolute atomic E-state index is 2.48. The Morgan fingerprint density at radius 2 is 0.768 bits per heavy atom. The molecule has 1 heterocycles. The number of nitrogens with zero attached hydrogens (tertiary/aromatic N) is 2. The molecular formula is C54H36N2. The van der Waals surface area contributed by atoms with Crippen molar-refractivity contribution >= 4 is 71.2 Å². The topological polar surface area (TPSA) is 8.17 Å². The van der Waals surface area contributed by atoms with Gasteiger partial charge in [0.25, 0.3) is 0 Å². The van der Waals surface area contributed by atoms with E-state index in [2.05, 4.69) is 228 Å². The molecule has 0 aliphatic carbocycles. The van der Waals surface area contributed by atoms with Crippen LogP contribution in [0.15, 0.2) is 218 Å². The predicted molar refractivity (Wildman–Crippen MR) is 239 cm³/mol. The molecule has 0 fully saturated rings. The molecule has 11 rings (SSSR count). The van der Waals surface area contributed by atoms with E-state index in [4.69, 9.17) is 0 Å². The van der Waals surface area contributed by atoms with Crippen molar-refractivity contribution in [1.82, 2.24) is 4.57 Å². The van der Waals surface area contributed by atoms with E-state index in [1.54, 1.807) is 0 Å². The van der Waals surface area contributed by atoms with Gasteiger partial charge in [-0.25, -0.2) is 0 Å². The average Bonchev–Trinajstić information content (AvgIpc) is 3.63. The van der Waals surface area contributed by atoms with Crippen molar-refractivity contribution in [1.29, 1.82) is 0 Å². The van der Waals surface area contributed by atoms with Crippen LogP contribution in [-0.4, -0.2) is 4.57 Å². The summed E-state index contributed by atoms with van der Waals surface area (Å²) in [5.41, 5.74) is 11.8. The quantitative estimate of drug-likeness (QED) is 0.156. The van der Waals surface area contributed by atoms with E-state index in [1.807, 2.05) is 0 Å². The van der Waals surface area contributed by atoms with Gasteiger partial charge in [0.05, 0.1) is 16.7 Å². The summed E-state index contributed by atoms with van der Waals surface area (Å²) in [5.74, 6) is 0. The first-order valence-electron chi connectivity index (χ1n) is 19.3. The largest absolute Gasteiger partial charge is 0.310 e. The number of anilines is 3. The monoisotopic (exact) mass is 712 g/mol. The van der Waals surface area contributed by atoms with Crippen LogP contribution in [0.4, 0.5) is 17.1 Å². The molecule has 1 aromatic heterocycles. The Bertz CT molecular complexity index is 3200. The van der Waals surface area contributed by atoms with Crippen molar-refractivity contribution < 1.29 is 0 Å². The smallest absolute Gasteiger partial charge is 0.0626 e. The van der Waals surface area contributed by atoms with Crippen LogP contribution in [0.25, 0.3) is 82.1 Å². The predicted octanol–water partition coefficient (Wildman–Crippen LogP) is 15.0. The molecule has 0 aliphatic heterocycles. The number of hydrogen-bond donors (Lipinski definition) is 0. The molecule has 0 atom stereocenters. The molecule has 0 saturated carbocycles. The van der Waals surface area contributed by atoms with E-state index in [1.165, 1.54) is 76.4 Å². The number of para-hydroxylation sites is 2. The number of aromatic nitrogens is 1. The normalized spacial score (nSPS) is 11.6. The van der Waals surface area contributed by atoms with E-state index >= 15 is 0 Å². The zero-order valence-electron chi connectivity index (χ0n) is 30.7. The van der Waals surface area contributed by atoms with Gasteiger partial charge in [0.2, 0.25) is 0 Å². The summed E-state index contributed by atoms with van der Waals surface area (Å²) in [5, 5.41) is 9.96. The number of benzene rings is 10. The second-order valence-electron chi connectivity index (χ2n) is 14.5. The lowest BCUT2D eigenvalue weighted by Gasteiger charge is -2.28. The second kappa shape index (κ2) is 13.2. The van der Waals surface area contributed by atoms with E-state index in [0.717, 1.165) is 22.7 Å². The van der Waals surface area contributed by atoms with E-state index < -0.39 is 0 Å². The van der Waals surface area contributed by atoms with Gasteiger partial charge in [0.1, 0.15) is 0 Å². The first-order valence-corrected chi connectivity index (χ1v) is 19.3. The van der Waals surface area contributed by atoms with Gasteiger partial charge < -0.3 is 9.47 Å². The molecule has 0 radical (unpaired) electrons. The van der Waals surface area contributed by atoms with Crippen molar-refractivity contribution in [2.45, 2.75) is 0 Å². The summed E-state index contributed by atoms with van der Waals surface area (Å²) in [4.78, 5) is 2.42. The molecule has 0 N–H and O–H groups in total. The molecule has 262 valence electrons. The van der Waals surface area contributed by atoms with Gasteiger partial charge in [-0.3, -0.25) is 0 Å². The summed E-state index contributed by atoms with van der Waals surface area (Å²) >= 11 is 0. The number of hydrogen-bond acceptors (Lipinski definition) is 1. The molecule has 0 saturated heterocycles. The van der Waals surface area contributed by atoms with E-state index in [9.17, 15) is 0 Å². The molecule has 56 heavy (non-hydrogen) atoms. The summed E-state index contributed by atoms with van der Waals surface area (Å²) in [6.45, 7) is 0. The van der Waals surface area contributed by atoms with Crippen molar-refractivity contribution in [3.05, 3.63) is 218 Å². The van der Waals surface area contributed by atoms with Gasteiger partial charge in [-0.15, -0.1) is 0 Å². The van der Waals surface area contributed by atoms with Gasteiger partial charge in [0, 0.05) is 44.0 Å². The molecule has 11 aromatic rings. The highest BCUT2D eigenvalue weighted by Crippen LogP contribution is 2.49. The van der Waals surface area contributed by atoms with Crippen LogP contribution in [0.3, 0.4) is 0 Å². The Kier molecular flexibility index (Phi) is 7.53. The van der Waals surface area contributed by atoms with Crippen LogP contribution >= 0.6 is 0 Å². The highest BCUT2D eigenvalue weighted by molar-refractivity contribution is 6.38. The Morgan fingerprint density at radius 3 is 1.41 bits per heavy atom. The van der Waals surface area contributed by atoms with Gasteiger partial charge in [-0.05, 0) is 86.9 Å². The zero-order valence-corrected chi connectivity index (χ0v) is 30.7. The van der Waals surface area contributed by atoms with Crippen molar-refractivity contribution in [2.24, 2.45) is 0 Å². The molecule has 0 amide bonds. The van der Waals surface area contributed by atoms with Crippen molar-refractivity contribution in [3.63, 3.8) is 0 Å². The van der Waals surface area contributed by atoms with Crippen LogP contribution < -0.4 is 4.90 Å². The molecular weight excluding hydrogens is 677 g/mol. The summed E-state index contributed by atoms with van der Waals surface area (Å²) in [7, 11) is 0. The number of fused-ring (bicyclic) bond motifs is 10. The summed E-state index contributed by atoms with van der Waals surface area (Å²) in [6, 6.07) is 79.3. The van der Waals surface area contributed by atoms with E-state index in [-0.39, 0.29) is 0 Å². The molecule has 2 nitrogen and oxygen atoms in total. The first kappa shape index (κ1) is 32.0. The van der Waals surface area contributed by atoms with Crippen molar-refractivity contribution in [2.75, 3.05) is 4.90 Å². The fraction of sp³-hybridized carbons (Fsp3) is 0. The molecule has 2 heteroatoms. The number of rotatable bonds is 6. The third-order valence-electron chi connectivity index (χ3n) is 11.3. The summed E-state index contributed by atoms with van der Waals surface area (Å²) in [6.07, 6.45) is 0. The van der Waals surface area contributed by atoms with Gasteiger partial charge in [-0.2, -0.15) is 0 Å². The minimum atomic E-state index is 1.11. The Hall–Kier alpha value is -7.42. The third kappa shape index (κ3) is 5.11. The van der Waals surface area contributed by atoms with Crippen LogP contribution in [0.1, 0.15) is 0 Å². The Labute approximate surface area is 325 Å². The molecule has 10 aromatic carbocycles. The van der Waals surface area contributed by atoms with Crippen LogP contribution in [0.2, 0.25) is 0 Å². The second-order valence-corrected chi connectivity index (χ2v) is 14.5. The first-order chi connectivity index (χ1) is 27.8.